The molecule has 0 saturated heterocycles. The van der Waals surface area contributed by atoms with Crippen molar-refractivity contribution in [3.63, 3.8) is 0 Å². The summed E-state index contributed by atoms with van der Waals surface area (Å²) in [4.78, 5) is 0. The minimum absolute atomic E-state index is 0.898. The molecule has 0 N–H and O–H groups in total. The molecular weight excluding hydrogens is 865 g/mol. The molecule has 0 atom stereocenters. The summed E-state index contributed by atoms with van der Waals surface area (Å²) in [5.41, 5.74) is 17.9. The third-order valence-electron chi connectivity index (χ3n) is 15.1. The largest absolute Gasteiger partial charge is 0.455 e. The highest BCUT2D eigenvalue weighted by molar-refractivity contribution is 6.29. The fourth-order valence-electron chi connectivity index (χ4n) is 12.1. The van der Waals surface area contributed by atoms with Crippen LogP contribution in [0.5, 0.6) is 0 Å². The van der Waals surface area contributed by atoms with E-state index in [0.717, 1.165) is 93.9 Å². The molecule has 0 aliphatic carbocycles. The van der Waals surface area contributed by atoms with Gasteiger partial charge in [-0.2, -0.15) is 0 Å². The zero-order valence-electron chi connectivity index (χ0n) is 38.3. The zero-order valence-corrected chi connectivity index (χ0v) is 38.3. The summed E-state index contributed by atoms with van der Waals surface area (Å²) in [5, 5.41) is 11.7. The normalized spacial score (nSPS) is 12.2. The number of hydrogen-bond acceptors (Lipinski definition) is 1. The fourth-order valence-corrected chi connectivity index (χ4v) is 12.1. The molecule has 0 aliphatic heterocycles. The molecule has 0 fully saturated rings. The lowest BCUT2D eigenvalue weighted by molar-refractivity contribution is 0.677. The van der Waals surface area contributed by atoms with Crippen molar-refractivity contribution in [3.05, 3.63) is 243 Å². The van der Waals surface area contributed by atoms with Gasteiger partial charge in [0.1, 0.15) is 11.2 Å². The molecule has 71 heavy (non-hydrogen) atoms. The van der Waals surface area contributed by atoms with Crippen LogP contribution in [0.25, 0.3) is 143 Å². The summed E-state index contributed by atoms with van der Waals surface area (Å²) in [6.07, 6.45) is 0. The molecule has 330 valence electrons. The van der Waals surface area contributed by atoms with E-state index in [2.05, 4.69) is 261 Å². The van der Waals surface area contributed by atoms with Crippen molar-refractivity contribution >= 4 is 109 Å². The number of fused-ring (bicyclic) bond motifs is 17. The molecule has 0 spiro atoms. The lowest BCUT2D eigenvalue weighted by Gasteiger charge is -2.10. The van der Waals surface area contributed by atoms with Crippen molar-refractivity contribution in [2.24, 2.45) is 0 Å². The molecule has 5 nitrogen and oxygen atoms in total. The van der Waals surface area contributed by atoms with Gasteiger partial charge in [-0.3, -0.25) is 0 Å². The molecule has 0 radical (unpaired) electrons. The van der Waals surface area contributed by atoms with E-state index < -0.39 is 0 Å². The predicted octanol–water partition coefficient (Wildman–Crippen LogP) is 17.6. The number of nitrogens with zero attached hydrogens (tertiary/aromatic N) is 4. The Kier molecular flexibility index (Phi) is 7.82. The molecule has 16 rings (SSSR count). The first-order valence-corrected chi connectivity index (χ1v) is 24.3. The van der Waals surface area contributed by atoms with Gasteiger partial charge >= 0.3 is 0 Å². The molecule has 0 bridgehead atoms. The van der Waals surface area contributed by atoms with Gasteiger partial charge in [-0.15, -0.1) is 0 Å². The highest BCUT2D eigenvalue weighted by Gasteiger charge is 2.24. The van der Waals surface area contributed by atoms with Crippen LogP contribution in [-0.2, 0) is 0 Å². The summed E-state index contributed by atoms with van der Waals surface area (Å²) in [7, 11) is 0. The minimum atomic E-state index is 0.898. The molecular formula is C66H40N4O. The van der Waals surface area contributed by atoms with Gasteiger partial charge in [0, 0.05) is 65.8 Å². The highest BCUT2D eigenvalue weighted by Crippen LogP contribution is 2.46. The Labute approximate surface area is 406 Å². The summed E-state index contributed by atoms with van der Waals surface area (Å²) in [6.45, 7) is 0. The molecule has 0 amide bonds. The quantitative estimate of drug-likeness (QED) is 0.169. The second-order valence-corrected chi connectivity index (χ2v) is 18.8. The van der Waals surface area contributed by atoms with Crippen molar-refractivity contribution in [1.82, 2.24) is 18.3 Å². The standard InChI is InChI=1S/C66H40N4O/c1-4-16-43(17-5-1)67-55-25-13-10-22-47(55)52-38-41(28-33-58(52)67)42-29-34-60-54(39-42)64-62(69(60)45-20-8-3-9-21-45)37-32-50-49-31-36-61-63(65(49)71-66(50)64)51-24-12-15-27-57(51)70(61)46-30-35-59-53(40-46)48-23-11-14-26-56(48)68(59)44-18-6-2-7-19-44/h1-40H. The van der Waals surface area contributed by atoms with Crippen molar-refractivity contribution in [1.29, 1.82) is 0 Å². The summed E-state index contributed by atoms with van der Waals surface area (Å²) >= 11 is 0. The van der Waals surface area contributed by atoms with Gasteiger partial charge in [-0.1, -0.05) is 121 Å². The molecule has 5 aromatic heterocycles. The van der Waals surface area contributed by atoms with E-state index in [9.17, 15) is 0 Å². The first-order chi connectivity index (χ1) is 35.2. The Hall–Kier alpha value is -9.58. The third kappa shape index (κ3) is 5.34. The predicted molar refractivity (Wildman–Crippen MR) is 297 cm³/mol. The minimum Gasteiger partial charge on any atom is -0.455 e. The molecule has 0 saturated carbocycles. The van der Waals surface area contributed by atoms with Gasteiger partial charge in [-0.05, 0) is 132 Å². The number of para-hydroxylation sites is 6. The van der Waals surface area contributed by atoms with Crippen LogP contribution in [-0.4, -0.2) is 18.3 Å². The molecule has 16 aromatic rings. The Bertz CT molecular complexity index is 4850. The summed E-state index contributed by atoms with van der Waals surface area (Å²) < 4.78 is 17.0. The smallest absolute Gasteiger partial charge is 0.145 e. The van der Waals surface area contributed by atoms with E-state index in [1.165, 1.54) is 49.2 Å². The van der Waals surface area contributed by atoms with Crippen LogP contribution in [0.3, 0.4) is 0 Å². The first-order valence-electron chi connectivity index (χ1n) is 24.3. The van der Waals surface area contributed by atoms with Crippen molar-refractivity contribution in [2.45, 2.75) is 0 Å². The summed E-state index contributed by atoms with van der Waals surface area (Å²) in [5.74, 6) is 0. The van der Waals surface area contributed by atoms with Gasteiger partial charge in [0.25, 0.3) is 0 Å². The topological polar surface area (TPSA) is 32.9 Å². The number of aromatic nitrogens is 4. The van der Waals surface area contributed by atoms with Crippen LogP contribution in [0.4, 0.5) is 0 Å². The van der Waals surface area contributed by atoms with E-state index in [0.29, 0.717) is 0 Å². The van der Waals surface area contributed by atoms with Gasteiger partial charge in [-0.25, -0.2) is 0 Å². The maximum Gasteiger partial charge on any atom is 0.145 e. The van der Waals surface area contributed by atoms with Gasteiger partial charge in [0.05, 0.1) is 54.9 Å². The van der Waals surface area contributed by atoms with Gasteiger partial charge in [0.2, 0.25) is 0 Å². The molecule has 11 aromatic carbocycles. The summed E-state index contributed by atoms with van der Waals surface area (Å²) in [6, 6.07) is 88.3. The number of benzene rings is 11. The van der Waals surface area contributed by atoms with Crippen LogP contribution < -0.4 is 0 Å². The number of furan rings is 1. The monoisotopic (exact) mass is 904 g/mol. The average Bonchev–Trinajstić information content (AvgIpc) is 4.24. The van der Waals surface area contributed by atoms with E-state index in [4.69, 9.17) is 4.42 Å². The maximum absolute atomic E-state index is 7.44. The second kappa shape index (κ2) is 14.5. The Morgan fingerprint density at radius 2 is 0.563 bits per heavy atom. The van der Waals surface area contributed by atoms with Crippen LogP contribution in [0.1, 0.15) is 0 Å². The van der Waals surface area contributed by atoms with E-state index in [1.807, 2.05) is 0 Å². The van der Waals surface area contributed by atoms with Crippen LogP contribution in [0, 0.1) is 0 Å². The molecule has 0 aliphatic rings. The van der Waals surface area contributed by atoms with Gasteiger partial charge < -0.3 is 22.7 Å². The van der Waals surface area contributed by atoms with Crippen molar-refractivity contribution in [3.8, 4) is 33.9 Å². The highest BCUT2D eigenvalue weighted by atomic mass is 16.3. The lowest BCUT2D eigenvalue weighted by atomic mass is 10.00. The number of hydrogen-bond donors (Lipinski definition) is 0. The van der Waals surface area contributed by atoms with Crippen LogP contribution in [0.15, 0.2) is 247 Å². The van der Waals surface area contributed by atoms with Crippen LogP contribution >= 0.6 is 0 Å². The van der Waals surface area contributed by atoms with E-state index in [-0.39, 0.29) is 0 Å². The van der Waals surface area contributed by atoms with Crippen molar-refractivity contribution in [2.75, 3.05) is 0 Å². The second-order valence-electron chi connectivity index (χ2n) is 18.8. The maximum atomic E-state index is 7.44. The Balaban J connectivity index is 0.934. The molecule has 5 heteroatoms. The SMILES string of the molecule is c1ccc(-n2c3ccccc3c3cc(-c4ccc5c(c4)c4c6oc7c(ccc8c7c7ccccc7n8-c7ccc8c(c7)c7ccccc7n8-c7ccccc7)c6ccc4n5-c4ccccc4)ccc32)cc1. The first kappa shape index (κ1) is 38.4. The third-order valence-corrected chi connectivity index (χ3v) is 15.1. The lowest BCUT2D eigenvalue weighted by Crippen LogP contribution is -1.95. The Morgan fingerprint density at radius 1 is 0.211 bits per heavy atom. The van der Waals surface area contributed by atoms with Gasteiger partial charge in [0.15, 0.2) is 0 Å². The fraction of sp³-hybridized carbons (Fsp3) is 0. The molecule has 0 unspecified atom stereocenters. The zero-order chi connectivity index (χ0) is 46.3. The average molecular weight is 905 g/mol. The van der Waals surface area contributed by atoms with Crippen LogP contribution in [0.2, 0.25) is 0 Å². The number of rotatable bonds is 5. The van der Waals surface area contributed by atoms with Crippen molar-refractivity contribution < 1.29 is 4.42 Å². The molecule has 5 heterocycles. The Morgan fingerprint density at radius 3 is 1.10 bits per heavy atom. The van der Waals surface area contributed by atoms with E-state index >= 15 is 0 Å². The van der Waals surface area contributed by atoms with E-state index in [1.54, 1.807) is 0 Å².